The number of aryl methyl sites for hydroxylation is 1. The number of anilines is 3. The van der Waals surface area contributed by atoms with E-state index in [1.807, 2.05) is 37.3 Å². The summed E-state index contributed by atoms with van der Waals surface area (Å²) in [5, 5.41) is 3.45. The van der Waals surface area contributed by atoms with Gasteiger partial charge < -0.3 is 5.32 Å². The maximum absolute atomic E-state index is 13.0. The number of hydrogen-bond donors (Lipinski definition) is 2. The van der Waals surface area contributed by atoms with Crippen molar-refractivity contribution in [1.82, 2.24) is 9.97 Å². The van der Waals surface area contributed by atoms with E-state index < -0.39 is 10.0 Å². The number of fused-ring (bicyclic) bond motifs is 1. The Bertz CT molecular complexity index is 1360. The van der Waals surface area contributed by atoms with Crippen LogP contribution < -0.4 is 10.0 Å². The van der Waals surface area contributed by atoms with Crippen LogP contribution in [0.5, 0.6) is 0 Å². The fourth-order valence-corrected chi connectivity index (χ4v) is 4.66. The molecule has 4 aromatic rings. The van der Waals surface area contributed by atoms with E-state index in [-0.39, 0.29) is 26.6 Å². The summed E-state index contributed by atoms with van der Waals surface area (Å²) in [4.78, 5) is 8.88. The first-order chi connectivity index (χ1) is 14.3. The van der Waals surface area contributed by atoms with Gasteiger partial charge in [-0.15, -0.1) is 0 Å². The highest BCUT2D eigenvalue weighted by atomic mass is 35.5. The Morgan fingerprint density at radius 1 is 0.833 bits per heavy atom. The van der Waals surface area contributed by atoms with Crippen LogP contribution in [0.15, 0.2) is 71.6 Å². The van der Waals surface area contributed by atoms with Gasteiger partial charge in [-0.2, -0.15) is 0 Å². The van der Waals surface area contributed by atoms with Gasteiger partial charge in [0.05, 0.1) is 16.1 Å². The Kier molecular flexibility index (Phi) is 5.51. The fourth-order valence-electron chi connectivity index (χ4n) is 2.88. The van der Waals surface area contributed by atoms with E-state index in [1.165, 1.54) is 18.2 Å². The van der Waals surface area contributed by atoms with Gasteiger partial charge in [-0.05, 0) is 55.0 Å². The van der Waals surface area contributed by atoms with Crippen molar-refractivity contribution in [1.29, 1.82) is 0 Å². The largest absolute Gasteiger partial charge is 0.337 e. The van der Waals surface area contributed by atoms with Gasteiger partial charge in [0.15, 0.2) is 11.6 Å². The molecule has 0 aliphatic heterocycles. The van der Waals surface area contributed by atoms with Crippen LogP contribution in [-0.4, -0.2) is 18.4 Å². The first-order valence-electron chi connectivity index (χ1n) is 8.90. The molecular weight excluding hydrogens is 443 g/mol. The number of halogens is 2. The second kappa shape index (κ2) is 8.10. The lowest BCUT2D eigenvalue weighted by molar-refractivity contribution is 0.601. The smallest absolute Gasteiger partial charge is 0.264 e. The van der Waals surface area contributed by atoms with Gasteiger partial charge in [0.1, 0.15) is 4.90 Å². The van der Waals surface area contributed by atoms with Crippen molar-refractivity contribution in [2.45, 2.75) is 11.8 Å². The van der Waals surface area contributed by atoms with Crippen LogP contribution >= 0.6 is 23.2 Å². The van der Waals surface area contributed by atoms with Gasteiger partial charge in [0, 0.05) is 10.7 Å². The minimum absolute atomic E-state index is 0.0475. The second-order valence-corrected chi connectivity index (χ2v) is 9.08. The Labute approximate surface area is 183 Å². The summed E-state index contributed by atoms with van der Waals surface area (Å²) >= 11 is 12.1. The molecule has 9 heteroatoms. The zero-order chi connectivity index (χ0) is 21.3. The molecule has 3 aromatic carbocycles. The maximum atomic E-state index is 13.0. The van der Waals surface area contributed by atoms with Crippen molar-refractivity contribution in [3.8, 4) is 0 Å². The summed E-state index contributed by atoms with van der Waals surface area (Å²) in [7, 11) is -4.07. The molecule has 0 aliphatic rings. The van der Waals surface area contributed by atoms with E-state index in [9.17, 15) is 8.42 Å². The summed E-state index contributed by atoms with van der Waals surface area (Å²) in [5.41, 5.74) is 2.96. The summed E-state index contributed by atoms with van der Waals surface area (Å²) in [5.74, 6) is 0.312. The lowest BCUT2D eigenvalue weighted by Crippen LogP contribution is -2.16. The molecule has 0 unspecified atom stereocenters. The molecule has 0 saturated carbocycles. The quantitative estimate of drug-likeness (QED) is 0.395. The molecule has 0 amide bonds. The summed E-state index contributed by atoms with van der Waals surface area (Å²) in [6.07, 6.45) is 0. The maximum Gasteiger partial charge on any atom is 0.264 e. The number of hydrogen-bond acceptors (Lipinski definition) is 5. The van der Waals surface area contributed by atoms with Gasteiger partial charge in [0.25, 0.3) is 10.0 Å². The zero-order valence-electron chi connectivity index (χ0n) is 15.7. The topological polar surface area (TPSA) is 84.0 Å². The molecule has 0 bridgehead atoms. The van der Waals surface area contributed by atoms with Gasteiger partial charge in [0.2, 0.25) is 0 Å². The molecule has 0 saturated heterocycles. The molecule has 0 atom stereocenters. The van der Waals surface area contributed by atoms with Crippen molar-refractivity contribution in [2.75, 3.05) is 10.0 Å². The number of aromatic nitrogens is 2. The SMILES string of the molecule is Cc1cccc(Nc2nc3ccccc3nc2NS(=O)(=O)c2cc(Cl)ccc2Cl)c1. The standard InChI is InChI=1S/C21H16Cl2N4O2S/c1-13-5-4-6-15(11-13)24-20-21(26-18-8-3-2-7-17(18)25-20)27-30(28,29)19-12-14(22)9-10-16(19)23/h2-12H,1H3,(H,24,25)(H,26,27). The zero-order valence-corrected chi connectivity index (χ0v) is 18.1. The lowest BCUT2D eigenvalue weighted by Gasteiger charge is -2.15. The Hall–Kier alpha value is -2.87. The summed E-state index contributed by atoms with van der Waals surface area (Å²) in [6, 6.07) is 19.1. The molecular formula is C21H16Cl2N4O2S. The second-order valence-electron chi connectivity index (χ2n) is 6.58. The third kappa shape index (κ3) is 4.33. The molecule has 152 valence electrons. The van der Waals surface area contributed by atoms with Crippen molar-refractivity contribution in [2.24, 2.45) is 0 Å². The van der Waals surface area contributed by atoms with E-state index in [1.54, 1.807) is 18.2 Å². The number of benzene rings is 3. The minimum Gasteiger partial charge on any atom is -0.337 e. The van der Waals surface area contributed by atoms with Gasteiger partial charge >= 0.3 is 0 Å². The third-order valence-electron chi connectivity index (χ3n) is 4.27. The number of sulfonamides is 1. The van der Waals surface area contributed by atoms with Crippen LogP contribution in [0.4, 0.5) is 17.3 Å². The molecule has 1 heterocycles. The minimum atomic E-state index is -4.07. The average Bonchev–Trinajstić information content (AvgIpc) is 2.70. The van der Waals surface area contributed by atoms with E-state index >= 15 is 0 Å². The van der Waals surface area contributed by atoms with Crippen molar-refractivity contribution in [3.05, 3.63) is 82.3 Å². The molecule has 2 N–H and O–H groups in total. The van der Waals surface area contributed by atoms with Crippen LogP contribution in [-0.2, 0) is 10.0 Å². The van der Waals surface area contributed by atoms with Crippen molar-refractivity contribution >= 4 is 61.6 Å². The molecule has 30 heavy (non-hydrogen) atoms. The first-order valence-corrected chi connectivity index (χ1v) is 11.1. The van der Waals surface area contributed by atoms with E-state index in [4.69, 9.17) is 23.2 Å². The Balaban J connectivity index is 1.81. The molecule has 0 aliphatic carbocycles. The highest BCUT2D eigenvalue weighted by Gasteiger charge is 2.22. The third-order valence-corrected chi connectivity index (χ3v) is 6.32. The van der Waals surface area contributed by atoms with Crippen molar-refractivity contribution < 1.29 is 8.42 Å². The van der Waals surface area contributed by atoms with Crippen molar-refractivity contribution in [3.63, 3.8) is 0 Å². The van der Waals surface area contributed by atoms with Crippen LogP contribution in [0.1, 0.15) is 5.56 Å². The number of rotatable bonds is 5. The predicted octanol–water partition coefficient (Wildman–Crippen LogP) is 5.79. The fraction of sp³-hybridized carbons (Fsp3) is 0.0476. The lowest BCUT2D eigenvalue weighted by atomic mass is 10.2. The number of nitrogens with one attached hydrogen (secondary N) is 2. The van der Waals surface area contributed by atoms with E-state index in [0.29, 0.717) is 11.0 Å². The highest BCUT2D eigenvalue weighted by Crippen LogP contribution is 2.30. The molecule has 1 aromatic heterocycles. The highest BCUT2D eigenvalue weighted by molar-refractivity contribution is 7.92. The normalized spacial score (nSPS) is 11.4. The number of para-hydroxylation sites is 2. The molecule has 0 fully saturated rings. The monoisotopic (exact) mass is 458 g/mol. The molecule has 6 nitrogen and oxygen atoms in total. The predicted molar refractivity (Wildman–Crippen MR) is 121 cm³/mol. The summed E-state index contributed by atoms with van der Waals surface area (Å²) < 4.78 is 28.5. The molecule has 0 radical (unpaired) electrons. The van der Waals surface area contributed by atoms with Crippen LogP contribution in [0.25, 0.3) is 11.0 Å². The van der Waals surface area contributed by atoms with E-state index in [2.05, 4.69) is 20.0 Å². The van der Waals surface area contributed by atoms with E-state index in [0.717, 1.165) is 11.3 Å². The van der Waals surface area contributed by atoms with Crippen LogP contribution in [0, 0.1) is 6.92 Å². The summed E-state index contributed by atoms with van der Waals surface area (Å²) in [6.45, 7) is 1.96. The van der Waals surface area contributed by atoms with Gasteiger partial charge in [-0.25, -0.2) is 18.4 Å². The molecule has 0 spiro atoms. The Morgan fingerprint density at radius 3 is 2.23 bits per heavy atom. The Morgan fingerprint density at radius 2 is 1.53 bits per heavy atom. The first kappa shape index (κ1) is 20.4. The van der Waals surface area contributed by atoms with Crippen LogP contribution in [0.2, 0.25) is 10.0 Å². The van der Waals surface area contributed by atoms with Crippen LogP contribution in [0.3, 0.4) is 0 Å². The number of nitrogens with zero attached hydrogens (tertiary/aromatic N) is 2. The van der Waals surface area contributed by atoms with Gasteiger partial charge in [-0.3, -0.25) is 4.72 Å². The molecule has 4 rings (SSSR count). The van der Waals surface area contributed by atoms with Gasteiger partial charge in [-0.1, -0.05) is 47.5 Å². The average molecular weight is 459 g/mol.